The molecule has 0 unspecified atom stereocenters. The van der Waals surface area contributed by atoms with Gasteiger partial charge >= 0.3 is 0 Å². The molecule has 0 rings (SSSR count). The van der Waals surface area contributed by atoms with Crippen molar-refractivity contribution < 1.29 is 4.79 Å². The predicted molar refractivity (Wildman–Crippen MR) is 48.5 cm³/mol. The predicted octanol–water partition coefficient (Wildman–Crippen LogP) is 3.04. The molecule has 1 heteroatoms. The molecule has 0 aromatic carbocycles. The molecule has 0 fully saturated rings. The van der Waals surface area contributed by atoms with Crippen LogP contribution >= 0.6 is 0 Å². The number of hydrogen-bond acceptors (Lipinski definition) is 1. The molecule has 11 heavy (non-hydrogen) atoms. The maximum Gasteiger partial charge on any atom is 0.129 e. The maximum absolute atomic E-state index is 10.7. The summed E-state index contributed by atoms with van der Waals surface area (Å²) >= 11 is 0. The Bertz CT molecular complexity index is 130. The standard InChI is InChI=1S/C10H20O/c1-8(10(3,4)5)6-7-9(2)11/h8H,6-7H2,1-5H3/t8-/m1/s1. The third kappa shape index (κ3) is 5.00. The highest BCUT2D eigenvalue weighted by molar-refractivity contribution is 5.75. The Balaban J connectivity index is 3.70. The smallest absolute Gasteiger partial charge is 0.129 e. The summed E-state index contributed by atoms with van der Waals surface area (Å²) in [5.74, 6) is 0.937. The molecule has 0 aromatic heterocycles. The van der Waals surface area contributed by atoms with Gasteiger partial charge in [0.1, 0.15) is 5.78 Å². The number of Topliss-reactive ketones (excluding diaryl/α,β-unsaturated/α-hetero) is 1. The van der Waals surface area contributed by atoms with E-state index in [1.54, 1.807) is 6.92 Å². The largest absolute Gasteiger partial charge is 0.300 e. The third-order valence-corrected chi connectivity index (χ3v) is 2.41. The fourth-order valence-corrected chi connectivity index (χ4v) is 0.853. The zero-order chi connectivity index (χ0) is 9.07. The summed E-state index contributed by atoms with van der Waals surface area (Å²) in [6.07, 6.45) is 1.76. The number of carbonyl (C=O) groups excluding carboxylic acids is 1. The minimum atomic E-state index is 0.307. The molecule has 0 bridgehead atoms. The number of carbonyl (C=O) groups is 1. The van der Waals surface area contributed by atoms with E-state index in [4.69, 9.17) is 0 Å². The van der Waals surface area contributed by atoms with Crippen LogP contribution in [0.25, 0.3) is 0 Å². The van der Waals surface area contributed by atoms with Crippen LogP contribution in [0, 0.1) is 11.3 Å². The van der Waals surface area contributed by atoms with Gasteiger partial charge in [-0.2, -0.15) is 0 Å². The lowest BCUT2D eigenvalue weighted by Gasteiger charge is -2.26. The van der Waals surface area contributed by atoms with E-state index in [9.17, 15) is 4.79 Å². The van der Waals surface area contributed by atoms with Gasteiger partial charge in [-0.3, -0.25) is 0 Å². The topological polar surface area (TPSA) is 17.1 Å². The Hall–Kier alpha value is -0.330. The van der Waals surface area contributed by atoms with Crippen LogP contribution in [-0.2, 0) is 4.79 Å². The van der Waals surface area contributed by atoms with Crippen LogP contribution in [0.15, 0.2) is 0 Å². The highest BCUT2D eigenvalue weighted by atomic mass is 16.1. The molecule has 0 amide bonds. The van der Waals surface area contributed by atoms with Crippen molar-refractivity contribution in [2.45, 2.75) is 47.5 Å². The number of hydrogen-bond donors (Lipinski definition) is 0. The highest BCUT2D eigenvalue weighted by Crippen LogP contribution is 2.28. The third-order valence-electron chi connectivity index (χ3n) is 2.41. The monoisotopic (exact) mass is 156 g/mol. The average molecular weight is 156 g/mol. The highest BCUT2D eigenvalue weighted by Gasteiger charge is 2.19. The minimum absolute atomic E-state index is 0.307. The lowest BCUT2D eigenvalue weighted by molar-refractivity contribution is -0.117. The molecule has 0 N–H and O–H groups in total. The molecule has 0 saturated carbocycles. The van der Waals surface area contributed by atoms with Gasteiger partial charge in [-0.1, -0.05) is 27.7 Å². The molecule has 66 valence electrons. The Kier molecular flexibility index (Phi) is 3.77. The molecule has 0 aliphatic heterocycles. The van der Waals surface area contributed by atoms with Gasteiger partial charge in [-0.05, 0) is 24.7 Å². The van der Waals surface area contributed by atoms with Crippen LogP contribution in [0.2, 0.25) is 0 Å². The van der Waals surface area contributed by atoms with Crippen LogP contribution in [0.3, 0.4) is 0 Å². The molecule has 0 aliphatic carbocycles. The van der Waals surface area contributed by atoms with Gasteiger partial charge in [-0.15, -0.1) is 0 Å². The molecule has 0 aromatic rings. The van der Waals surface area contributed by atoms with Crippen LogP contribution in [-0.4, -0.2) is 5.78 Å². The van der Waals surface area contributed by atoms with Gasteiger partial charge < -0.3 is 4.79 Å². The summed E-state index contributed by atoms with van der Waals surface area (Å²) < 4.78 is 0. The van der Waals surface area contributed by atoms with E-state index in [-0.39, 0.29) is 0 Å². The van der Waals surface area contributed by atoms with Crippen molar-refractivity contribution in [3.8, 4) is 0 Å². The second-order valence-corrected chi connectivity index (χ2v) is 4.51. The normalized spacial score (nSPS) is 14.6. The van der Waals surface area contributed by atoms with Crippen LogP contribution in [0.5, 0.6) is 0 Å². The second kappa shape index (κ2) is 3.89. The van der Waals surface area contributed by atoms with Crippen LogP contribution in [0.1, 0.15) is 47.5 Å². The number of ketones is 1. The lowest BCUT2D eigenvalue weighted by atomic mass is 9.79. The first-order valence-electron chi connectivity index (χ1n) is 4.33. The summed E-state index contributed by atoms with van der Waals surface area (Å²) in [6.45, 7) is 10.5. The minimum Gasteiger partial charge on any atom is -0.300 e. The maximum atomic E-state index is 10.7. The quantitative estimate of drug-likeness (QED) is 0.614. The first kappa shape index (κ1) is 10.7. The van der Waals surface area contributed by atoms with Gasteiger partial charge in [0.25, 0.3) is 0 Å². The van der Waals surface area contributed by atoms with E-state index in [2.05, 4.69) is 27.7 Å². The summed E-state index contributed by atoms with van der Waals surface area (Å²) in [4.78, 5) is 10.7. The Morgan fingerprint density at radius 2 is 1.82 bits per heavy atom. The Morgan fingerprint density at radius 1 is 1.36 bits per heavy atom. The van der Waals surface area contributed by atoms with Crippen molar-refractivity contribution in [3.63, 3.8) is 0 Å². The van der Waals surface area contributed by atoms with E-state index in [1.165, 1.54) is 0 Å². The van der Waals surface area contributed by atoms with Crippen molar-refractivity contribution in [1.29, 1.82) is 0 Å². The molecule has 1 nitrogen and oxygen atoms in total. The molecular formula is C10H20O. The molecule has 0 radical (unpaired) electrons. The van der Waals surface area contributed by atoms with Gasteiger partial charge in [0.15, 0.2) is 0 Å². The summed E-state index contributed by atoms with van der Waals surface area (Å²) in [5.41, 5.74) is 0.343. The van der Waals surface area contributed by atoms with E-state index >= 15 is 0 Å². The Labute approximate surface area is 70.2 Å². The van der Waals surface area contributed by atoms with Crippen LogP contribution in [0.4, 0.5) is 0 Å². The molecule has 1 atom stereocenters. The molecule has 0 spiro atoms. The first-order valence-corrected chi connectivity index (χ1v) is 4.33. The van der Waals surface area contributed by atoms with Crippen molar-refractivity contribution in [1.82, 2.24) is 0 Å². The molecule has 0 aliphatic rings. The van der Waals surface area contributed by atoms with Crippen molar-refractivity contribution in [2.24, 2.45) is 11.3 Å². The van der Waals surface area contributed by atoms with Gasteiger partial charge in [0, 0.05) is 6.42 Å². The molecule has 0 heterocycles. The average Bonchev–Trinajstić information content (AvgIpc) is 1.80. The van der Waals surface area contributed by atoms with Crippen molar-refractivity contribution >= 4 is 5.78 Å². The zero-order valence-electron chi connectivity index (χ0n) is 8.40. The first-order chi connectivity index (χ1) is 4.84. The van der Waals surface area contributed by atoms with Crippen LogP contribution < -0.4 is 0 Å². The number of rotatable bonds is 3. The van der Waals surface area contributed by atoms with Gasteiger partial charge in [-0.25, -0.2) is 0 Å². The van der Waals surface area contributed by atoms with E-state index < -0.39 is 0 Å². The van der Waals surface area contributed by atoms with E-state index in [1.807, 2.05) is 0 Å². The van der Waals surface area contributed by atoms with E-state index in [0.29, 0.717) is 17.1 Å². The Morgan fingerprint density at radius 3 is 2.09 bits per heavy atom. The summed E-state index contributed by atoms with van der Waals surface area (Å²) in [5, 5.41) is 0. The lowest BCUT2D eigenvalue weighted by Crippen LogP contribution is -2.17. The van der Waals surface area contributed by atoms with Gasteiger partial charge in [0.2, 0.25) is 0 Å². The molecular weight excluding hydrogens is 136 g/mol. The fraction of sp³-hybridized carbons (Fsp3) is 0.900. The zero-order valence-corrected chi connectivity index (χ0v) is 8.40. The van der Waals surface area contributed by atoms with E-state index in [0.717, 1.165) is 12.8 Å². The summed E-state index contributed by atoms with van der Waals surface area (Å²) in [6, 6.07) is 0. The molecule has 0 saturated heterocycles. The summed E-state index contributed by atoms with van der Waals surface area (Å²) in [7, 11) is 0. The fourth-order valence-electron chi connectivity index (χ4n) is 0.853. The van der Waals surface area contributed by atoms with Gasteiger partial charge in [0.05, 0.1) is 0 Å². The van der Waals surface area contributed by atoms with Crippen molar-refractivity contribution in [3.05, 3.63) is 0 Å². The second-order valence-electron chi connectivity index (χ2n) is 4.51. The van der Waals surface area contributed by atoms with Crippen molar-refractivity contribution in [2.75, 3.05) is 0 Å². The SMILES string of the molecule is CC(=O)CC[C@@H](C)C(C)(C)C.